The van der Waals surface area contributed by atoms with Gasteiger partial charge in [-0.3, -0.25) is 0 Å². The van der Waals surface area contributed by atoms with Crippen LogP contribution >= 0.6 is 0 Å². The first kappa shape index (κ1) is 8.97. The normalized spacial score (nSPS) is 19.9. The molecule has 1 heterocycles. The Balaban J connectivity index is 2.16. The highest BCUT2D eigenvalue weighted by Gasteiger charge is 2.12. The second-order valence-corrected chi connectivity index (χ2v) is 3.06. The van der Waals surface area contributed by atoms with Crippen molar-refractivity contribution in [1.29, 1.82) is 0 Å². The first-order valence-electron chi connectivity index (χ1n) is 4.64. The number of rotatable bonds is 4. The highest BCUT2D eigenvalue weighted by Crippen LogP contribution is 1.99. The standard InChI is InChI=1S/C8H19N3/c1-3-8(4-2)10-11-7-5-6-9-11/h8-10H,3-7H2,1-2H3. The predicted octanol–water partition coefficient (Wildman–Crippen LogP) is 0.890. The van der Waals surface area contributed by atoms with Crippen molar-refractivity contribution in [2.45, 2.75) is 39.2 Å². The molecule has 0 radical (unpaired) electrons. The summed E-state index contributed by atoms with van der Waals surface area (Å²) in [6.07, 6.45) is 3.66. The van der Waals surface area contributed by atoms with Gasteiger partial charge in [-0.05, 0) is 19.3 Å². The smallest absolute Gasteiger partial charge is 0.0300 e. The van der Waals surface area contributed by atoms with Crippen molar-refractivity contribution >= 4 is 0 Å². The molecule has 0 saturated carbocycles. The van der Waals surface area contributed by atoms with Crippen molar-refractivity contribution < 1.29 is 0 Å². The van der Waals surface area contributed by atoms with Crippen LogP contribution in [0.5, 0.6) is 0 Å². The Morgan fingerprint density at radius 2 is 2.18 bits per heavy atom. The minimum atomic E-state index is 0.639. The molecule has 0 aromatic carbocycles. The molecule has 66 valence electrons. The van der Waals surface area contributed by atoms with E-state index < -0.39 is 0 Å². The minimum absolute atomic E-state index is 0.639. The number of nitrogens with one attached hydrogen (secondary N) is 2. The van der Waals surface area contributed by atoms with Crippen LogP contribution in [0, 0.1) is 0 Å². The van der Waals surface area contributed by atoms with Gasteiger partial charge in [0.2, 0.25) is 0 Å². The average Bonchev–Trinajstić information content (AvgIpc) is 2.52. The molecule has 0 amide bonds. The first-order valence-corrected chi connectivity index (χ1v) is 4.64. The van der Waals surface area contributed by atoms with Crippen molar-refractivity contribution in [3.8, 4) is 0 Å². The summed E-state index contributed by atoms with van der Waals surface area (Å²) in [4.78, 5) is 0. The fraction of sp³-hybridized carbons (Fsp3) is 1.00. The van der Waals surface area contributed by atoms with E-state index in [0.29, 0.717) is 6.04 Å². The Bertz CT molecular complexity index is 95.5. The van der Waals surface area contributed by atoms with Crippen LogP contribution in [0.15, 0.2) is 0 Å². The monoisotopic (exact) mass is 157 g/mol. The maximum absolute atomic E-state index is 3.44. The van der Waals surface area contributed by atoms with Crippen LogP contribution in [0.3, 0.4) is 0 Å². The van der Waals surface area contributed by atoms with Crippen LogP contribution in [0.1, 0.15) is 33.1 Å². The van der Waals surface area contributed by atoms with Gasteiger partial charge < -0.3 is 0 Å². The Labute approximate surface area is 69.1 Å². The average molecular weight is 157 g/mol. The third-order valence-electron chi connectivity index (χ3n) is 2.19. The minimum Gasteiger partial charge on any atom is -0.241 e. The number of hydrogen-bond acceptors (Lipinski definition) is 3. The summed E-state index contributed by atoms with van der Waals surface area (Å²) in [5.41, 5.74) is 6.72. The lowest BCUT2D eigenvalue weighted by Gasteiger charge is -2.23. The molecule has 1 rings (SSSR count). The van der Waals surface area contributed by atoms with Gasteiger partial charge in [0.25, 0.3) is 0 Å². The molecule has 3 heteroatoms. The van der Waals surface area contributed by atoms with Gasteiger partial charge in [-0.1, -0.05) is 13.8 Å². The SMILES string of the molecule is CCC(CC)NN1CCCN1. The molecular formula is C8H19N3. The maximum Gasteiger partial charge on any atom is 0.0300 e. The number of hydrazine groups is 2. The summed E-state index contributed by atoms with van der Waals surface area (Å²) in [6.45, 7) is 6.69. The van der Waals surface area contributed by atoms with E-state index in [1.807, 2.05) is 0 Å². The maximum atomic E-state index is 3.44. The highest BCUT2D eigenvalue weighted by atomic mass is 15.7. The molecule has 0 unspecified atom stereocenters. The number of hydrogen-bond donors (Lipinski definition) is 2. The Morgan fingerprint density at radius 1 is 1.45 bits per heavy atom. The van der Waals surface area contributed by atoms with Crippen LogP contribution < -0.4 is 10.9 Å². The molecule has 11 heavy (non-hydrogen) atoms. The van der Waals surface area contributed by atoms with Crippen molar-refractivity contribution in [2.75, 3.05) is 13.1 Å². The third kappa shape index (κ3) is 2.77. The largest absolute Gasteiger partial charge is 0.241 e. The molecular weight excluding hydrogens is 138 g/mol. The predicted molar refractivity (Wildman–Crippen MR) is 46.8 cm³/mol. The van der Waals surface area contributed by atoms with E-state index in [9.17, 15) is 0 Å². The van der Waals surface area contributed by atoms with Crippen LogP contribution in [-0.4, -0.2) is 24.2 Å². The molecule has 1 aliphatic heterocycles. The summed E-state index contributed by atoms with van der Waals surface area (Å²) in [7, 11) is 0. The first-order chi connectivity index (χ1) is 5.36. The van der Waals surface area contributed by atoms with E-state index in [0.717, 1.165) is 13.1 Å². The zero-order valence-corrected chi connectivity index (χ0v) is 7.56. The summed E-state index contributed by atoms with van der Waals surface area (Å²) in [5.74, 6) is 0. The van der Waals surface area contributed by atoms with Gasteiger partial charge in [0.15, 0.2) is 0 Å². The molecule has 1 aliphatic rings. The van der Waals surface area contributed by atoms with Crippen LogP contribution in [0.2, 0.25) is 0 Å². The molecule has 0 spiro atoms. The fourth-order valence-corrected chi connectivity index (χ4v) is 1.33. The van der Waals surface area contributed by atoms with Crippen LogP contribution in [0.4, 0.5) is 0 Å². The van der Waals surface area contributed by atoms with Gasteiger partial charge in [-0.15, -0.1) is 0 Å². The van der Waals surface area contributed by atoms with E-state index in [1.54, 1.807) is 0 Å². The topological polar surface area (TPSA) is 27.3 Å². The lowest BCUT2D eigenvalue weighted by molar-refractivity contribution is 0.131. The second-order valence-electron chi connectivity index (χ2n) is 3.06. The molecule has 1 fully saturated rings. The molecule has 0 bridgehead atoms. The van der Waals surface area contributed by atoms with Crippen LogP contribution in [0.25, 0.3) is 0 Å². The van der Waals surface area contributed by atoms with Gasteiger partial charge in [-0.25, -0.2) is 10.9 Å². The van der Waals surface area contributed by atoms with E-state index >= 15 is 0 Å². The van der Waals surface area contributed by atoms with Crippen molar-refractivity contribution in [3.05, 3.63) is 0 Å². The fourth-order valence-electron chi connectivity index (χ4n) is 1.33. The van der Waals surface area contributed by atoms with Gasteiger partial charge in [0, 0.05) is 19.1 Å². The number of nitrogens with zero attached hydrogens (tertiary/aromatic N) is 1. The van der Waals surface area contributed by atoms with Gasteiger partial charge in [-0.2, -0.15) is 5.12 Å². The Morgan fingerprint density at radius 3 is 2.64 bits per heavy atom. The molecule has 2 N–H and O–H groups in total. The van der Waals surface area contributed by atoms with Crippen molar-refractivity contribution in [1.82, 2.24) is 16.0 Å². The zero-order chi connectivity index (χ0) is 8.10. The molecule has 0 atom stereocenters. The second kappa shape index (κ2) is 4.70. The summed E-state index contributed by atoms with van der Waals surface area (Å²) >= 11 is 0. The van der Waals surface area contributed by atoms with Gasteiger partial charge in [0.05, 0.1) is 0 Å². The summed E-state index contributed by atoms with van der Waals surface area (Å²) in [6, 6.07) is 0.639. The Hall–Kier alpha value is -0.120. The van der Waals surface area contributed by atoms with Crippen molar-refractivity contribution in [3.63, 3.8) is 0 Å². The van der Waals surface area contributed by atoms with Crippen LogP contribution in [-0.2, 0) is 0 Å². The van der Waals surface area contributed by atoms with Gasteiger partial charge in [0.1, 0.15) is 0 Å². The van der Waals surface area contributed by atoms with Crippen molar-refractivity contribution in [2.24, 2.45) is 0 Å². The van der Waals surface area contributed by atoms with Gasteiger partial charge >= 0.3 is 0 Å². The van der Waals surface area contributed by atoms with E-state index in [1.165, 1.54) is 19.3 Å². The highest BCUT2D eigenvalue weighted by molar-refractivity contribution is 4.63. The Kier molecular flexibility index (Phi) is 3.83. The van der Waals surface area contributed by atoms with E-state index in [-0.39, 0.29) is 0 Å². The lowest BCUT2D eigenvalue weighted by Crippen LogP contribution is -2.48. The molecule has 0 aliphatic carbocycles. The molecule has 3 nitrogen and oxygen atoms in total. The molecule has 0 aromatic heterocycles. The molecule has 0 aromatic rings. The quantitative estimate of drug-likeness (QED) is 0.634. The third-order valence-corrected chi connectivity index (χ3v) is 2.19. The molecule has 1 saturated heterocycles. The lowest BCUT2D eigenvalue weighted by atomic mass is 10.2. The summed E-state index contributed by atoms with van der Waals surface area (Å²) in [5, 5.41) is 2.12. The zero-order valence-electron chi connectivity index (χ0n) is 7.56. The summed E-state index contributed by atoms with van der Waals surface area (Å²) < 4.78 is 0. The van der Waals surface area contributed by atoms with E-state index in [4.69, 9.17) is 0 Å². The van der Waals surface area contributed by atoms with E-state index in [2.05, 4.69) is 29.8 Å².